The molecule has 1 aliphatic rings. The minimum absolute atomic E-state index is 0.0467. The van der Waals surface area contributed by atoms with E-state index in [1.54, 1.807) is 12.1 Å². The van der Waals surface area contributed by atoms with Gasteiger partial charge in [-0.2, -0.15) is 0 Å². The number of thiophene rings is 1. The number of fused-ring (bicyclic) bond motifs is 1. The zero-order chi connectivity index (χ0) is 28.2. The number of nitrogens with one attached hydrogen (secondary N) is 2. The molecule has 0 radical (unpaired) electrons. The maximum absolute atomic E-state index is 14.2. The molecule has 2 atom stereocenters. The molecule has 4 rings (SSSR count). The fourth-order valence-electron chi connectivity index (χ4n) is 4.64. The van der Waals surface area contributed by atoms with E-state index in [1.165, 1.54) is 36.6 Å². The van der Waals surface area contributed by atoms with Crippen LogP contribution in [0.15, 0.2) is 59.5 Å². The molecule has 2 N–H and O–H groups in total. The highest BCUT2D eigenvalue weighted by molar-refractivity contribution is 7.89. The van der Waals surface area contributed by atoms with Gasteiger partial charge in [0.15, 0.2) is 5.78 Å². The van der Waals surface area contributed by atoms with Crippen molar-refractivity contribution in [2.75, 3.05) is 20.2 Å². The molecule has 1 unspecified atom stereocenters. The summed E-state index contributed by atoms with van der Waals surface area (Å²) in [5.74, 6) is -1.45. The van der Waals surface area contributed by atoms with Crippen LogP contribution in [0.1, 0.15) is 42.8 Å². The summed E-state index contributed by atoms with van der Waals surface area (Å²) in [5, 5.41) is 6.67. The highest BCUT2D eigenvalue weighted by atomic mass is 32.2. The number of ketones is 1. The molecule has 1 aromatic heterocycles. The number of hydrogen-bond donors (Lipinski definition) is 2. The highest BCUT2D eigenvalue weighted by Gasteiger charge is 2.43. The number of rotatable bonds is 9. The number of hydrogen-bond acceptors (Lipinski definition) is 8. The van der Waals surface area contributed by atoms with E-state index in [0.717, 1.165) is 10.1 Å². The van der Waals surface area contributed by atoms with Crippen molar-refractivity contribution >= 4 is 49.0 Å². The Balaban J connectivity index is 1.74. The Kier molecular flexibility index (Phi) is 9.04. The number of nitrogens with zero attached hydrogens (tertiary/aromatic N) is 1. The Morgan fingerprint density at radius 1 is 1.15 bits per heavy atom. The van der Waals surface area contributed by atoms with Crippen molar-refractivity contribution in [1.29, 1.82) is 0 Å². The largest absolute Gasteiger partial charge is 0.497 e. The van der Waals surface area contributed by atoms with Gasteiger partial charge >= 0.3 is 0 Å². The molecule has 39 heavy (non-hydrogen) atoms. The van der Waals surface area contributed by atoms with Crippen LogP contribution in [0.5, 0.6) is 5.75 Å². The predicted molar refractivity (Wildman–Crippen MR) is 150 cm³/mol. The van der Waals surface area contributed by atoms with E-state index in [-0.39, 0.29) is 30.2 Å². The van der Waals surface area contributed by atoms with E-state index in [2.05, 4.69) is 10.6 Å². The van der Waals surface area contributed by atoms with Crippen molar-refractivity contribution in [2.24, 2.45) is 5.92 Å². The van der Waals surface area contributed by atoms with Gasteiger partial charge in [0.05, 0.1) is 23.4 Å². The smallest absolute Gasteiger partial charge is 0.267 e. The molecule has 1 fully saturated rings. The molecular weight excluding hydrogens is 538 g/mol. The summed E-state index contributed by atoms with van der Waals surface area (Å²) < 4.78 is 34.9. The minimum atomic E-state index is -4.48. The number of carbonyl (C=O) groups is 3. The molecule has 3 aromatic rings. The van der Waals surface area contributed by atoms with Gasteiger partial charge in [0.2, 0.25) is 0 Å². The van der Waals surface area contributed by atoms with Gasteiger partial charge in [-0.3, -0.25) is 14.4 Å². The average molecular weight is 572 g/mol. The van der Waals surface area contributed by atoms with Crippen LogP contribution >= 0.6 is 11.3 Å². The second kappa shape index (κ2) is 12.3. The number of ether oxygens (including phenoxy) is 1. The fraction of sp³-hybridized carbons (Fsp3) is 0.393. The molecule has 1 aliphatic heterocycles. The van der Waals surface area contributed by atoms with Crippen LogP contribution in [0.25, 0.3) is 10.1 Å². The van der Waals surface area contributed by atoms with Crippen LogP contribution in [-0.2, 0) is 19.6 Å². The molecule has 2 aromatic carbocycles. The molecule has 208 valence electrons. The summed E-state index contributed by atoms with van der Waals surface area (Å²) in [6.45, 7) is 4.24. The minimum Gasteiger partial charge on any atom is -0.497 e. The molecular formula is C28H33N3O6S2. The van der Waals surface area contributed by atoms with E-state index < -0.39 is 39.7 Å². The summed E-state index contributed by atoms with van der Waals surface area (Å²) in [4.78, 5) is 40.9. The predicted octanol–water partition coefficient (Wildman–Crippen LogP) is 3.59. The third-order valence-electron chi connectivity index (χ3n) is 6.56. The van der Waals surface area contributed by atoms with E-state index in [1.807, 2.05) is 38.1 Å². The molecule has 1 saturated heterocycles. The first-order valence-corrected chi connectivity index (χ1v) is 15.1. The van der Waals surface area contributed by atoms with Crippen LogP contribution < -0.4 is 15.4 Å². The Morgan fingerprint density at radius 3 is 2.64 bits per heavy atom. The number of carbonyl (C=O) groups excluding carboxylic acids is 3. The normalized spacial score (nSPS) is 17.0. The number of amides is 2. The maximum Gasteiger partial charge on any atom is 0.267 e. The monoisotopic (exact) mass is 571 g/mol. The van der Waals surface area contributed by atoms with Crippen molar-refractivity contribution in [3.05, 3.63) is 59.5 Å². The number of methoxy groups -OCH3 is 1. The van der Waals surface area contributed by atoms with Gasteiger partial charge in [0.1, 0.15) is 17.8 Å². The van der Waals surface area contributed by atoms with Gasteiger partial charge in [-0.05, 0) is 61.4 Å². The van der Waals surface area contributed by atoms with Crippen molar-refractivity contribution in [1.82, 2.24) is 14.9 Å². The van der Waals surface area contributed by atoms with Crippen molar-refractivity contribution in [3.63, 3.8) is 0 Å². The van der Waals surface area contributed by atoms with Crippen LogP contribution in [0.2, 0.25) is 0 Å². The summed E-state index contributed by atoms with van der Waals surface area (Å²) in [5.41, 5.74) is 0. The van der Waals surface area contributed by atoms with E-state index in [4.69, 9.17) is 4.74 Å². The number of Topliss-reactive ketones (excluding diaryl/α,β-unsaturated/α-hetero) is 1. The second-order valence-corrected chi connectivity index (χ2v) is 12.8. The molecule has 0 bridgehead atoms. The molecule has 0 spiro atoms. The zero-order valence-corrected chi connectivity index (χ0v) is 23.8. The molecule has 9 nitrogen and oxygen atoms in total. The molecule has 11 heteroatoms. The SMILES string of the molecule is COc1cccc(S(=O)(=O)N(C(=O)[C@H](CC(C)C)NC(=O)c2cc3ccccc3s2)C2CCCNCC2=O)c1. The van der Waals surface area contributed by atoms with Crippen molar-refractivity contribution in [2.45, 2.75) is 50.1 Å². The van der Waals surface area contributed by atoms with E-state index in [9.17, 15) is 22.8 Å². The van der Waals surface area contributed by atoms with Crippen molar-refractivity contribution < 1.29 is 27.5 Å². The summed E-state index contributed by atoms with van der Waals surface area (Å²) in [7, 11) is -3.06. The summed E-state index contributed by atoms with van der Waals surface area (Å²) in [6, 6.07) is 12.7. The maximum atomic E-state index is 14.2. The lowest BCUT2D eigenvalue weighted by atomic mass is 10.0. The van der Waals surface area contributed by atoms with Crippen LogP contribution in [0.3, 0.4) is 0 Å². The lowest BCUT2D eigenvalue weighted by Gasteiger charge is -2.33. The first kappa shape index (κ1) is 28.7. The highest BCUT2D eigenvalue weighted by Crippen LogP contribution is 2.28. The third kappa shape index (κ3) is 6.48. The Morgan fingerprint density at radius 2 is 1.92 bits per heavy atom. The standard InChI is InChI=1S/C28H33N3O6S2/c1-18(2)14-22(30-27(33)26-15-19-8-4-5-12-25(19)38-26)28(34)31(23-11-7-13-29-17-24(23)32)39(35,36)21-10-6-9-20(16-21)37-3/h4-6,8-10,12,15-16,18,22-23,29H,7,11,13-14,17H2,1-3H3,(H,30,33)/t22-,23?/m0/s1. The van der Waals surface area contributed by atoms with Gasteiger partial charge in [-0.15, -0.1) is 11.3 Å². The lowest BCUT2D eigenvalue weighted by Crippen LogP contribution is -2.56. The Hall–Kier alpha value is -3.28. The molecule has 0 aliphatic carbocycles. The third-order valence-corrected chi connectivity index (χ3v) is 9.48. The quantitative estimate of drug-likeness (QED) is 0.403. The average Bonchev–Trinajstić information content (AvgIpc) is 3.25. The number of benzene rings is 2. The van der Waals surface area contributed by atoms with Crippen LogP contribution in [0, 0.1) is 5.92 Å². The first-order valence-electron chi connectivity index (χ1n) is 12.9. The van der Waals surface area contributed by atoms with Gasteiger partial charge < -0.3 is 15.4 Å². The summed E-state index contributed by atoms with van der Waals surface area (Å²) in [6.07, 6.45) is 0.884. The second-order valence-electron chi connectivity index (χ2n) is 9.92. The first-order chi connectivity index (χ1) is 18.6. The van der Waals surface area contributed by atoms with E-state index in [0.29, 0.717) is 27.9 Å². The summed E-state index contributed by atoms with van der Waals surface area (Å²) >= 11 is 1.29. The van der Waals surface area contributed by atoms with Crippen LogP contribution in [0.4, 0.5) is 0 Å². The molecule has 0 saturated carbocycles. The molecule has 2 heterocycles. The van der Waals surface area contributed by atoms with Gasteiger partial charge in [-0.25, -0.2) is 12.7 Å². The van der Waals surface area contributed by atoms with Gasteiger partial charge in [0.25, 0.3) is 21.8 Å². The van der Waals surface area contributed by atoms with Crippen molar-refractivity contribution in [3.8, 4) is 5.75 Å². The topological polar surface area (TPSA) is 122 Å². The van der Waals surface area contributed by atoms with Crippen LogP contribution in [-0.4, -0.2) is 62.6 Å². The fourth-order valence-corrected chi connectivity index (χ4v) is 7.27. The Labute approximate surface area is 232 Å². The van der Waals surface area contributed by atoms with E-state index >= 15 is 0 Å². The van der Waals surface area contributed by atoms with Gasteiger partial charge in [0, 0.05) is 10.8 Å². The molecule has 2 amide bonds. The van der Waals surface area contributed by atoms with Gasteiger partial charge in [-0.1, -0.05) is 38.1 Å². The zero-order valence-electron chi connectivity index (χ0n) is 22.2. The Bertz CT molecular complexity index is 1430. The lowest BCUT2D eigenvalue weighted by molar-refractivity contribution is -0.135. The number of sulfonamides is 1.